The van der Waals surface area contributed by atoms with Crippen molar-refractivity contribution in [3.8, 4) is 5.75 Å². The van der Waals surface area contributed by atoms with Gasteiger partial charge in [0.15, 0.2) is 11.3 Å². The van der Waals surface area contributed by atoms with Crippen molar-refractivity contribution in [2.45, 2.75) is 12.8 Å². The number of anilines is 1. The van der Waals surface area contributed by atoms with E-state index in [0.29, 0.717) is 5.52 Å². The van der Waals surface area contributed by atoms with Gasteiger partial charge in [0.25, 0.3) is 0 Å². The first-order valence-electron chi connectivity index (χ1n) is 5.69. The van der Waals surface area contributed by atoms with Crippen molar-refractivity contribution in [3.63, 3.8) is 0 Å². The third-order valence-corrected chi connectivity index (χ3v) is 2.59. The predicted octanol–water partition coefficient (Wildman–Crippen LogP) is 2.13. The summed E-state index contributed by atoms with van der Waals surface area (Å²) in [5, 5.41) is 9.94. The Hall–Kier alpha value is -2.78. The molecular weight excluding hydrogens is 291 g/mol. The summed E-state index contributed by atoms with van der Waals surface area (Å²) in [5.74, 6) is -0.658. The molecule has 3 rings (SSSR count). The minimum atomic E-state index is -4.53. The van der Waals surface area contributed by atoms with Gasteiger partial charge in [0.1, 0.15) is 18.2 Å². The molecule has 0 amide bonds. The number of pyridine rings is 1. The number of rotatable bonds is 3. The van der Waals surface area contributed by atoms with Gasteiger partial charge < -0.3 is 14.9 Å². The number of fused-ring (bicyclic) bond motifs is 1. The van der Waals surface area contributed by atoms with Gasteiger partial charge in [-0.1, -0.05) is 0 Å². The number of alkyl halides is 3. The molecule has 0 saturated carbocycles. The normalized spacial score (nSPS) is 12.0. The molecule has 0 bridgehead atoms. The molecule has 3 aromatic rings. The smallest absolute Gasteiger partial charge is 0.449 e. The lowest BCUT2D eigenvalue weighted by Gasteiger charge is -2.05. The van der Waals surface area contributed by atoms with Crippen LogP contribution in [0.3, 0.4) is 0 Å². The summed E-state index contributed by atoms with van der Waals surface area (Å²) in [7, 11) is 0. The molecule has 0 radical (unpaired) electrons. The molecule has 0 atom stereocenters. The SMILES string of the molecule is Nc1cc(OCc2ccc(C(F)(F)F)o2)c2n[nH]nc2n1. The van der Waals surface area contributed by atoms with Crippen LogP contribution in [0.25, 0.3) is 11.2 Å². The Morgan fingerprint density at radius 3 is 2.81 bits per heavy atom. The topological polar surface area (TPSA) is 103 Å². The molecule has 0 unspecified atom stereocenters. The number of ether oxygens (including phenoxy) is 1. The molecule has 3 N–H and O–H groups in total. The number of aromatic nitrogens is 4. The average Bonchev–Trinajstić information content (AvgIpc) is 3.03. The molecule has 0 aliphatic rings. The summed E-state index contributed by atoms with van der Waals surface area (Å²) in [6, 6.07) is 3.43. The summed E-state index contributed by atoms with van der Waals surface area (Å²) in [6.45, 7) is -0.207. The first kappa shape index (κ1) is 13.2. The Morgan fingerprint density at radius 1 is 1.29 bits per heavy atom. The molecule has 0 aromatic carbocycles. The summed E-state index contributed by atoms with van der Waals surface area (Å²) in [6.07, 6.45) is -4.53. The number of furan rings is 1. The first-order chi connectivity index (χ1) is 9.93. The van der Waals surface area contributed by atoms with Crippen molar-refractivity contribution < 1.29 is 22.3 Å². The zero-order chi connectivity index (χ0) is 15.0. The number of halogens is 3. The van der Waals surface area contributed by atoms with Crippen LogP contribution in [0.4, 0.5) is 19.0 Å². The van der Waals surface area contributed by atoms with Crippen LogP contribution >= 0.6 is 0 Å². The van der Waals surface area contributed by atoms with Crippen molar-refractivity contribution >= 4 is 17.0 Å². The van der Waals surface area contributed by atoms with E-state index in [1.54, 1.807) is 0 Å². The van der Waals surface area contributed by atoms with Gasteiger partial charge in [0.2, 0.25) is 11.4 Å². The van der Waals surface area contributed by atoms with Gasteiger partial charge >= 0.3 is 6.18 Å². The summed E-state index contributed by atoms with van der Waals surface area (Å²) in [5.41, 5.74) is 6.15. The van der Waals surface area contributed by atoms with Gasteiger partial charge in [-0.25, -0.2) is 4.98 Å². The molecule has 7 nitrogen and oxygen atoms in total. The fourth-order valence-corrected chi connectivity index (χ4v) is 1.69. The Morgan fingerprint density at radius 2 is 2.10 bits per heavy atom. The number of hydrogen-bond donors (Lipinski definition) is 2. The Bertz CT molecular complexity index is 780. The molecule has 0 aliphatic heterocycles. The zero-order valence-corrected chi connectivity index (χ0v) is 10.3. The highest BCUT2D eigenvalue weighted by Gasteiger charge is 2.34. The van der Waals surface area contributed by atoms with E-state index < -0.39 is 11.9 Å². The van der Waals surface area contributed by atoms with Crippen LogP contribution in [-0.4, -0.2) is 20.4 Å². The van der Waals surface area contributed by atoms with Crippen molar-refractivity contribution in [2.75, 3.05) is 5.73 Å². The average molecular weight is 299 g/mol. The molecule has 0 spiro atoms. The quantitative estimate of drug-likeness (QED) is 0.768. The third-order valence-electron chi connectivity index (χ3n) is 2.59. The Labute approximate surface area is 114 Å². The number of H-pyrrole nitrogens is 1. The van der Waals surface area contributed by atoms with Gasteiger partial charge in [-0.15, -0.1) is 5.10 Å². The van der Waals surface area contributed by atoms with Crippen molar-refractivity contribution in [3.05, 3.63) is 29.7 Å². The summed E-state index contributed by atoms with van der Waals surface area (Å²) < 4.78 is 47.2. The van der Waals surface area contributed by atoms with E-state index in [0.717, 1.165) is 6.07 Å². The van der Waals surface area contributed by atoms with Crippen LogP contribution < -0.4 is 10.5 Å². The molecule has 21 heavy (non-hydrogen) atoms. The van der Waals surface area contributed by atoms with Crippen LogP contribution in [0.5, 0.6) is 5.75 Å². The molecule has 3 aromatic heterocycles. The Kier molecular flexibility index (Phi) is 2.92. The van der Waals surface area contributed by atoms with E-state index in [1.165, 1.54) is 12.1 Å². The van der Waals surface area contributed by atoms with E-state index in [2.05, 4.69) is 24.8 Å². The van der Waals surface area contributed by atoms with E-state index >= 15 is 0 Å². The minimum absolute atomic E-state index is 0.0225. The third kappa shape index (κ3) is 2.59. The molecular formula is C11H8F3N5O2. The van der Waals surface area contributed by atoms with Crippen LogP contribution in [0.2, 0.25) is 0 Å². The highest BCUT2D eigenvalue weighted by atomic mass is 19.4. The van der Waals surface area contributed by atoms with E-state index in [-0.39, 0.29) is 29.6 Å². The van der Waals surface area contributed by atoms with Crippen LogP contribution in [0, 0.1) is 0 Å². The lowest BCUT2D eigenvalue weighted by Crippen LogP contribution is -2.02. The van der Waals surface area contributed by atoms with Gasteiger partial charge in [-0.05, 0) is 12.1 Å². The number of nitrogen functional groups attached to an aromatic ring is 1. The van der Waals surface area contributed by atoms with Crippen molar-refractivity contribution in [1.29, 1.82) is 0 Å². The van der Waals surface area contributed by atoms with Crippen LogP contribution in [0.15, 0.2) is 22.6 Å². The fraction of sp³-hybridized carbons (Fsp3) is 0.182. The first-order valence-corrected chi connectivity index (χ1v) is 5.69. The number of nitrogens with zero attached hydrogens (tertiary/aromatic N) is 3. The molecule has 3 heterocycles. The maximum Gasteiger partial charge on any atom is 0.449 e. The largest absolute Gasteiger partial charge is 0.483 e. The fourth-order valence-electron chi connectivity index (χ4n) is 1.69. The monoisotopic (exact) mass is 299 g/mol. The second-order valence-corrected chi connectivity index (χ2v) is 4.09. The molecule has 0 saturated heterocycles. The highest BCUT2D eigenvalue weighted by molar-refractivity contribution is 5.78. The molecule has 110 valence electrons. The van der Waals surface area contributed by atoms with Crippen molar-refractivity contribution in [1.82, 2.24) is 20.4 Å². The molecule has 10 heteroatoms. The second-order valence-electron chi connectivity index (χ2n) is 4.09. The number of aromatic amines is 1. The maximum absolute atomic E-state index is 12.4. The predicted molar refractivity (Wildman–Crippen MR) is 64.1 cm³/mol. The van der Waals surface area contributed by atoms with Crippen LogP contribution in [0.1, 0.15) is 11.5 Å². The number of nitrogens with two attached hydrogens (primary N) is 1. The lowest BCUT2D eigenvalue weighted by atomic mass is 10.3. The minimum Gasteiger partial charge on any atom is -0.483 e. The van der Waals surface area contributed by atoms with Gasteiger partial charge in [-0.2, -0.15) is 23.5 Å². The highest BCUT2D eigenvalue weighted by Crippen LogP contribution is 2.31. The maximum atomic E-state index is 12.4. The van der Waals surface area contributed by atoms with E-state index in [4.69, 9.17) is 10.5 Å². The summed E-state index contributed by atoms with van der Waals surface area (Å²) in [4.78, 5) is 3.91. The standard InChI is InChI=1S/C11H8F3N5O2/c12-11(13,14)7-2-1-5(21-7)4-20-6-3-8(15)16-10-9(6)17-19-18-10/h1-3H,4H2,(H3,15,16,17,18,19). The number of hydrogen-bond acceptors (Lipinski definition) is 6. The van der Waals surface area contributed by atoms with E-state index in [9.17, 15) is 13.2 Å². The van der Waals surface area contributed by atoms with Crippen molar-refractivity contribution in [2.24, 2.45) is 0 Å². The molecule has 0 fully saturated rings. The summed E-state index contributed by atoms with van der Waals surface area (Å²) >= 11 is 0. The lowest BCUT2D eigenvalue weighted by molar-refractivity contribution is -0.153. The van der Waals surface area contributed by atoms with Gasteiger partial charge in [0.05, 0.1) is 0 Å². The van der Waals surface area contributed by atoms with Crippen LogP contribution in [-0.2, 0) is 12.8 Å². The zero-order valence-electron chi connectivity index (χ0n) is 10.3. The number of nitrogens with one attached hydrogen (secondary N) is 1. The van der Waals surface area contributed by atoms with Gasteiger partial charge in [0, 0.05) is 6.07 Å². The molecule has 0 aliphatic carbocycles. The second kappa shape index (κ2) is 4.65. The van der Waals surface area contributed by atoms with E-state index in [1.807, 2.05) is 0 Å². The Balaban J connectivity index is 1.80. The van der Waals surface area contributed by atoms with Gasteiger partial charge in [-0.3, -0.25) is 0 Å².